The van der Waals surface area contributed by atoms with Crippen LogP contribution in [0, 0.1) is 5.92 Å². The first-order valence-corrected chi connectivity index (χ1v) is 22.2. The summed E-state index contributed by atoms with van der Waals surface area (Å²) in [6.07, 6.45) is 36.9. The number of ether oxygens (including phenoxy) is 3. The number of methoxy groups -OCH3 is 1. The Bertz CT molecular complexity index is 755. The molecule has 304 valence electrons. The molecule has 0 heterocycles. The lowest BCUT2D eigenvalue weighted by Crippen LogP contribution is -2.31. The molecular weight excluding hydrogens is 634 g/mol. The third-order valence-corrected chi connectivity index (χ3v) is 10.8. The summed E-state index contributed by atoms with van der Waals surface area (Å²) in [5.74, 6) is 0.181. The molecule has 0 aromatic rings. The molecule has 0 rings (SSSR count). The van der Waals surface area contributed by atoms with Gasteiger partial charge >= 0.3 is 5.97 Å². The van der Waals surface area contributed by atoms with Crippen molar-refractivity contribution in [2.45, 2.75) is 245 Å². The SMILES string of the molecule is CCCCCCCCCCCCCCC(CCCCCCCCCCCCCC)CNC(=O)CCC(=O)OCCC(C)(C)OCCC(C)(C)OC. The molecule has 0 unspecified atom stereocenters. The van der Waals surface area contributed by atoms with E-state index in [-0.39, 0.29) is 30.3 Å². The van der Waals surface area contributed by atoms with Crippen LogP contribution in [0.1, 0.15) is 234 Å². The van der Waals surface area contributed by atoms with Gasteiger partial charge in [-0.15, -0.1) is 0 Å². The molecule has 0 saturated heterocycles. The van der Waals surface area contributed by atoms with Gasteiger partial charge in [0.1, 0.15) is 0 Å². The van der Waals surface area contributed by atoms with Crippen molar-refractivity contribution in [3.05, 3.63) is 0 Å². The highest BCUT2D eigenvalue weighted by Gasteiger charge is 2.22. The Kier molecular flexibility index (Phi) is 33.8. The Morgan fingerprint density at radius 2 is 0.922 bits per heavy atom. The highest BCUT2D eigenvalue weighted by Crippen LogP contribution is 2.21. The van der Waals surface area contributed by atoms with Crippen molar-refractivity contribution in [2.24, 2.45) is 5.92 Å². The van der Waals surface area contributed by atoms with Gasteiger partial charge in [-0.05, 0) is 52.9 Å². The molecular formula is C45H89NO5. The Labute approximate surface area is 318 Å². The van der Waals surface area contributed by atoms with Crippen LogP contribution >= 0.6 is 0 Å². The average molecular weight is 724 g/mol. The Morgan fingerprint density at radius 3 is 1.33 bits per heavy atom. The number of nitrogens with one attached hydrogen (secondary N) is 1. The van der Waals surface area contributed by atoms with Gasteiger partial charge in [0.05, 0.1) is 30.8 Å². The van der Waals surface area contributed by atoms with Gasteiger partial charge in [-0.25, -0.2) is 0 Å². The number of carbonyl (C=O) groups is 2. The van der Waals surface area contributed by atoms with Gasteiger partial charge in [0.25, 0.3) is 0 Å². The summed E-state index contributed by atoms with van der Waals surface area (Å²) in [6, 6.07) is 0. The van der Waals surface area contributed by atoms with E-state index >= 15 is 0 Å². The second-order valence-electron chi connectivity index (χ2n) is 16.8. The van der Waals surface area contributed by atoms with Crippen molar-refractivity contribution < 1.29 is 23.8 Å². The maximum Gasteiger partial charge on any atom is 0.306 e. The zero-order valence-corrected chi connectivity index (χ0v) is 35.5. The summed E-state index contributed by atoms with van der Waals surface area (Å²) in [7, 11) is 1.71. The van der Waals surface area contributed by atoms with E-state index in [1.54, 1.807) is 7.11 Å². The summed E-state index contributed by atoms with van der Waals surface area (Å²) in [5.41, 5.74) is -0.612. The summed E-state index contributed by atoms with van der Waals surface area (Å²) >= 11 is 0. The molecule has 0 bridgehead atoms. The first-order chi connectivity index (χ1) is 24.5. The van der Waals surface area contributed by atoms with Crippen LogP contribution in [-0.4, -0.2) is 49.9 Å². The number of hydrogen-bond donors (Lipinski definition) is 1. The highest BCUT2D eigenvalue weighted by molar-refractivity contribution is 5.81. The van der Waals surface area contributed by atoms with Gasteiger partial charge in [0.15, 0.2) is 0 Å². The molecule has 1 amide bonds. The van der Waals surface area contributed by atoms with Crippen LogP contribution < -0.4 is 5.32 Å². The predicted octanol–water partition coefficient (Wildman–Crippen LogP) is 13.2. The summed E-state index contributed by atoms with van der Waals surface area (Å²) in [6.45, 7) is 14.3. The molecule has 0 atom stereocenters. The fourth-order valence-electron chi connectivity index (χ4n) is 6.69. The van der Waals surface area contributed by atoms with E-state index in [0.717, 1.165) is 13.0 Å². The molecule has 51 heavy (non-hydrogen) atoms. The zero-order chi connectivity index (χ0) is 37.9. The van der Waals surface area contributed by atoms with Crippen LogP contribution in [0.4, 0.5) is 0 Å². The lowest BCUT2D eigenvalue weighted by Gasteiger charge is -2.28. The van der Waals surface area contributed by atoms with Crippen molar-refractivity contribution in [3.63, 3.8) is 0 Å². The van der Waals surface area contributed by atoms with E-state index in [0.29, 0.717) is 25.6 Å². The monoisotopic (exact) mass is 724 g/mol. The van der Waals surface area contributed by atoms with E-state index in [2.05, 4.69) is 19.2 Å². The van der Waals surface area contributed by atoms with E-state index < -0.39 is 5.60 Å². The largest absolute Gasteiger partial charge is 0.466 e. The summed E-state index contributed by atoms with van der Waals surface area (Å²) in [5, 5.41) is 3.17. The fraction of sp³-hybridized carbons (Fsp3) is 0.956. The van der Waals surface area contributed by atoms with Crippen molar-refractivity contribution in [1.82, 2.24) is 5.32 Å². The Hall–Kier alpha value is -1.14. The van der Waals surface area contributed by atoms with Gasteiger partial charge in [-0.2, -0.15) is 0 Å². The number of unbranched alkanes of at least 4 members (excludes halogenated alkanes) is 22. The number of amides is 1. The summed E-state index contributed by atoms with van der Waals surface area (Å²) < 4.78 is 16.9. The smallest absolute Gasteiger partial charge is 0.306 e. The molecule has 0 spiro atoms. The molecule has 0 fully saturated rings. The van der Waals surface area contributed by atoms with E-state index in [1.165, 1.54) is 167 Å². The van der Waals surface area contributed by atoms with Gasteiger partial charge in [0.2, 0.25) is 5.91 Å². The molecule has 0 aromatic heterocycles. The van der Waals surface area contributed by atoms with Crippen LogP contribution in [0.2, 0.25) is 0 Å². The van der Waals surface area contributed by atoms with E-state index in [9.17, 15) is 9.59 Å². The topological polar surface area (TPSA) is 73.9 Å². The molecule has 6 nitrogen and oxygen atoms in total. The minimum atomic E-state index is -0.391. The molecule has 0 aliphatic heterocycles. The third-order valence-electron chi connectivity index (χ3n) is 10.8. The van der Waals surface area contributed by atoms with E-state index in [4.69, 9.17) is 14.2 Å². The molecule has 0 radical (unpaired) electrons. The van der Waals surface area contributed by atoms with Gasteiger partial charge in [0, 0.05) is 26.5 Å². The van der Waals surface area contributed by atoms with E-state index in [1.807, 2.05) is 27.7 Å². The van der Waals surface area contributed by atoms with Gasteiger partial charge < -0.3 is 19.5 Å². The Morgan fingerprint density at radius 1 is 0.529 bits per heavy atom. The summed E-state index contributed by atoms with van der Waals surface area (Å²) in [4.78, 5) is 25.1. The van der Waals surface area contributed by atoms with Crippen LogP contribution in [0.15, 0.2) is 0 Å². The lowest BCUT2D eigenvalue weighted by atomic mass is 9.93. The van der Waals surface area contributed by atoms with Gasteiger partial charge in [-0.3, -0.25) is 9.59 Å². The number of esters is 1. The lowest BCUT2D eigenvalue weighted by molar-refractivity contribution is -0.147. The maximum atomic E-state index is 12.7. The van der Waals surface area contributed by atoms with Crippen molar-refractivity contribution >= 4 is 11.9 Å². The standard InChI is InChI=1S/C45H89NO5/c1-8-10-12-14-16-18-20-22-24-26-28-30-32-41(33-31-29-27-25-23-21-19-17-15-13-11-9-2)40-46-42(47)34-35-43(48)50-38-36-45(5,6)51-39-37-44(3,4)49-7/h41H,8-40H2,1-7H3,(H,46,47). The van der Waals surface area contributed by atoms with Crippen LogP contribution in [0.5, 0.6) is 0 Å². The predicted molar refractivity (Wildman–Crippen MR) is 218 cm³/mol. The third kappa shape index (κ3) is 35.6. The molecule has 0 aromatic carbocycles. The van der Waals surface area contributed by atoms with Crippen LogP contribution in [0.25, 0.3) is 0 Å². The Balaban J connectivity index is 4.35. The maximum absolute atomic E-state index is 12.7. The normalized spacial score (nSPS) is 12.2. The zero-order valence-electron chi connectivity index (χ0n) is 35.5. The molecule has 0 aliphatic carbocycles. The first kappa shape index (κ1) is 49.9. The molecule has 6 heteroatoms. The molecule has 0 saturated carbocycles. The van der Waals surface area contributed by atoms with Crippen molar-refractivity contribution in [2.75, 3.05) is 26.9 Å². The average Bonchev–Trinajstić information content (AvgIpc) is 3.09. The van der Waals surface area contributed by atoms with Crippen molar-refractivity contribution in [1.29, 1.82) is 0 Å². The minimum absolute atomic E-state index is 0.0363. The fourth-order valence-corrected chi connectivity index (χ4v) is 6.69. The number of rotatable bonds is 39. The van der Waals surface area contributed by atoms with Crippen molar-refractivity contribution in [3.8, 4) is 0 Å². The first-order valence-electron chi connectivity index (χ1n) is 22.2. The van der Waals surface area contributed by atoms with Crippen LogP contribution in [0.3, 0.4) is 0 Å². The quantitative estimate of drug-likeness (QED) is 0.0505. The minimum Gasteiger partial charge on any atom is -0.466 e. The van der Waals surface area contributed by atoms with Crippen LogP contribution in [-0.2, 0) is 23.8 Å². The molecule has 1 N–H and O–H groups in total. The highest BCUT2D eigenvalue weighted by atomic mass is 16.5. The van der Waals surface area contributed by atoms with Gasteiger partial charge in [-0.1, -0.05) is 168 Å². The second-order valence-corrected chi connectivity index (χ2v) is 16.8. The number of hydrogen-bond acceptors (Lipinski definition) is 5. The second kappa shape index (κ2) is 34.6. The molecule has 0 aliphatic rings. The number of carbonyl (C=O) groups excluding carboxylic acids is 2.